The molecule has 2 aromatic heterocycles. The number of hydrogen-bond donors (Lipinski definition) is 2. The Kier molecular flexibility index (Phi) is 6.12. The van der Waals surface area contributed by atoms with E-state index in [1.54, 1.807) is 12.4 Å². The molecule has 10 heteroatoms. The van der Waals surface area contributed by atoms with E-state index in [4.69, 9.17) is 4.42 Å². The number of nitrogens with zero attached hydrogens (tertiary/aromatic N) is 2. The smallest absolute Gasteiger partial charge is 0.407 e. The molecule has 0 radical (unpaired) electrons. The van der Waals surface area contributed by atoms with Crippen molar-refractivity contribution >= 4 is 27.9 Å². The number of furan rings is 1. The zero-order valence-corrected chi connectivity index (χ0v) is 19.6. The van der Waals surface area contributed by atoms with Gasteiger partial charge in [0, 0.05) is 35.5 Å². The van der Waals surface area contributed by atoms with Crippen molar-refractivity contribution in [1.82, 2.24) is 14.9 Å². The molecule has 0 spiro atoms. The Balaban J connectivity index is 1.75. The van der Waals surface area contributed by atoms with Crippen molar-refractivity contribution in [3.8, 4) is 11.3 Å². The molecule has 0 aliphatic carbocycles. The number of aromatic nitrogens is 2. The van der Waals surface area contributed by atoms with Crippen molar-refractivity contribution < 1.29 is 31.9 Å². The molecule has 6 nitrogen and oxygen atoms in total. The third-order valence-electron chi connectivity index (χ3n) is 6.02. The SMILES string of the molecule is Cc1c(-c2ccc3oc4cc([C@H](N[C@@H](CC(C)(C)F)C(=O)O)C(F)(F)F)ccc4c3c2)ncn1C. The Morgan fingerprint density at radius 1 is 1.11 bits per heavy atom. The summed E-state index contributed by atoms with van der Waals surface area (Å²) in [5.74, 6) is -1.56. The Bertz CT molecular complexity index is 1400. The van der Waals surface area contributed by atoms with Crippen molar-refractivity contribution in [2.24, 2.45) is 7.05 Å². The third kappa shape index (κ3) is 5.02. The number of carbonyl (C=O) groups is 1. The normalized spacial score (nSPS) is 14.5. The number of fused-ring (bicyclic) bond motifs is 3. The van der Waals surface area contributed by atoms with E-state index in [1.807, 2.05) is 30.7 Å². The summed E-state index contributed by atoms with van der Waals surface area (Å²) in [7, 11) is 1.88. The highest BCUT2D eigenvalue weighted by atomic mass is 19.4. The van der Waals surface area contributed by atoms with Gasteiger partial charge in [-0.15, -0.1) is 0 Å². The second-order valence-corrected chi connectivity index (χ2v) is 9.31. The molecule has 186 valence electrons. The molecule has 0 saturated heterocycles. The number of alkyl halides is 4. The minimum absolute atomic E-state index is 0.223. The second kappa shape index (κ2) is 8.67. The Labute approximate surface area is 198 Å². The van der Waals surface area contributed by atoms with E-state index >= 15 is 0 Å². The molecule has 0 aliphatic heterocycles. The van der Waals surface area contributed by atoms with Crippen LogP contribution in [0.5, 0.6) is 0 Å². The van der Waals surface area contributed by atoms with Crippen LogP contribution in [-0.2, 0) is 11.8 Å². The van der Waals surface area contributed by atoms with Gasteiger partial charge in [-0.1, -0.05) is 12.1 Å². The maximum Gasteiger partial charge on any atom is 0.407 e. The number of aliphatic carboxylic acids is 1. The summed E-state index contributed by atoms with van der Waals surface area (Å²) in [6.45, 7) is 4.17. The van der Waals surface area contributed by atoms with E-state index in [-0.39, 0.29) is 11.1 Å². The quantitative estimate of drug-likeness (QED) is 0.306. The van der Waals surface area contributed by atoms with Crippen molar-refractivity contribution in [2.75, 3.05) is 0 Å². The maximum absolute atomic E-state index is 14.1. The van der Waals surface area contributed by atoms with E-state index in [1.165, 1.54) is 18.2 Å². The molecule has 0 bridgehead atoms. The lowest BCUT2D eigenvalue weighted by molar-refractivity contribution is -0.164. The van der Waals surface area contributed by atoms with Crippen molar-refractivity contribution in [3.63, 3.8) is 0 Å². The third-order valence-corrected chi connectivity index (χ3v) is 6.02. The number of carboxylic acid groups (broad SMARTS) is 1. The van der Waals surface area contributed by atoms with Gasteiger partial charge < -0.3 is 14.1 Å². The van der Waals surface area contributed by atoms with Gasteiger partial charge in [-0.2, -0.15) is 13.2 Å². The predicted octanol–water partition coefficient (Wildman–Crippen LogP) is 6.08. The fraction of sp³-hybridized carbons (Fsp3) is 0.360. The highest BCUT2D eigenvalue weighted by Gasteiger charge is 2.44. The first-order valence-electron chi connectivity index (χ1n) is 10.9. The average Bonchev–Trinajstić information content (AvgIpc) is 3.27. The summed E-state index contributed by atoms with van der Waals surface area (Å²) >= 11 is 0. The molecule has 0 aliphatic rings. The van der Waals surface area contributed by atoms with Crippen LogP contribution in [0.3, 0.4) is 0 Å². The minimum atomic E-state index is -4.82. The van der Waals surface area contributed by atoms with Crippen LogP contribution in [0.2, 0.25) is 0 Å². The van der Waals surface area contributed by atoms with Crippen LogP contribution < -0.4 is 5.32 Å². The lowest BCUT2D eigenvalue weighted by atomic mass is 9.97. The molecular weight excluding hydrogens is 466 g/mol. The summed E-state index contributed by atoms with van der Waals surface area (Å²) in [4.78, 5) is 16.0. The lowest BCUT2D eigenvalue weighted by Crippen LogP contribution is -2.47. The monoisotopic (exact) mass is 491 g/mol. The summed E-state index contributed by atoms with van der Waals surface area (Å²) in [6, 6.07) is 5.42. The lowest BCUT2D eigenvalue weighted by Gasteiger charge is -2.28. The van der Waals surface area contributed by atoms with E-state index < -0.39 is 36.3 Å². The van der Waals surface area contributed by atoms with Crippen LogP contribution in [0.25, 0.3) is 33.2 Å². The number of benzene rings is 2. The molecule has 4 rings (SSSR count). The standard InChI is InChI=1S/C25H25F4N3O3/c1-13-21(30-12-32(13)4)14-6-8-19-17(9-14)16-7-5-15(10-20(16)35-19)22(25(27,28)29)31-18(23(33)34)11-24(2,3)26/h5-10,12,18,22,31H,11H2,1-4H3,(H,33,34)/t18-,22-/m0/s1. The van der Waals surface area contributed by atoms with Gasteiger partial charge in [0.1, 0.15) is 28.9 Å². The van der Waals surface area contributed by atoms with E-state index in [9.17, 15) is 27.5 Å². The molecule has 0 fully saturated rings. The van der Waals surface area contributed by atoms with Gasteiger partial charge in [0.15, 0.2) is 0 Å². The van der Waals surface area contributed by atoms with Crippen LogP contribution in [0.4, 0.5) is 17.6 Å². The molecular formula is C25H25F4N3O3. The van der Waals surface area contributed by atoms with Gasteiger partial charge >= 0.3 is 12.1 Å². The van der Waals surface area contributed by atoms with Crippen molar-refractivity contribution in [3.05, 3.63) is 54.0 Å². The molecule has 2 aromatic carbocycles. The van der Waals surface area contributed by atoms with E-state index in [2.05, 4.69) is 10.3 Å². The topological polar surface area (TPSA) is 80.3 Å². The van der Waals surface area contributed by atoms with Gasteiger partial charge in [0.25, 0.3) is 0 Å². The fourth-order valence-corrected chi connectivity index (χ4v) is 4.18. The van der Waals surface area contributed by atoms with Crippen molar-refractivity contribution in [2.45, 2.75) is 51.1 Å². The first-order chi connectivity index (χ1) is 16.2. The fourth-order valence-electron chi connectivity index (χ4n) is 4.18. The number of hydrogen-bond acceptors (Lipinski definition) is 4. The number of aryl methyl sites for hydroxylation is 1. The predicted molar refractivity (Wildman–Crippen MR) is 124 cm³/mol. The highest BCUT2D eigenvalue weighted by Crippen LogP contribution is 2.38. The summed E-state index contributed by atoms with van der Waals surface area (Å²) in [6.07, 6.45) is -3.75. The Morgan fingerprint density at radius 2 is 1.83 bits per heavy atom. The minimum Gasteiger partial charge on any atom is -0.480 e. The Hall–Kier alpha value is -3.40. The molecule has 2 N–H and O–H groups in total. The van der Waals surface area contributed by atoms with Crippen LogP contribution in [0.15, 0.2) is 47.1 Å². The molecule has 35 heavy (non-hydrogen) atoms. The first kappa shape index (κ1) is 24.7. The molecule has 0 unspecified atom stereocenters. The number of nitrogens with one attached hydrogen (secondary N) is 1. The van der Waals surface area contributed by atoms with Crippen LogP contribution in [0.1, 0.15) is 37.6 Å². The number of rotatable bonds is 7. The molecule has 0 saturated carbocycles. The summed E-state index contributed by atoms with van der Waals surface area (Å²) in [5, 5.41) is 12.8. The molecule has 4 aromatic rings. The zero-order chi connectivity index (χ0) is 25.7. The maximum atomic E-state index is 14.1. The largest absolute Gasteiger partial charge is 0.480 e. The second-order valence-electron chi connectivity index (χ2n) is 9.31. The van der Waals surface area contributed by atoms with E-state index in [0.29, 0.717) is 16.4 Å². The number of halogens is 4. The summed E-state index contributed by atoms with van der Waals surface area (Å²) < 4.78 is 63.6. The van der Waals surface area contributed by atoms with Gasteiger partial charge in [0.05, 0.1) is 12.0 Å². The molecule has 0 amide bonds. The Morgan fingerprint density at radius 3 is 2.40 bits per heavy atom. The average molecular weight is 491 g/mol. The summed E-state index contributed by atoms with van der Waals surface area (Å²) in [5.41, 5.74) is 1.11. The zero-order valence-electron chi connectivity index (χ0n) is 19.6. The van der Waals surface area contributed by atoms with Crippen LogP contribution in [-0.4, -0.2) is 38.5 Å². The van der Waals surface area contributed by atoms with Crippen molar-refractivity contribution in [1.29, 1.82) is 0 Å². The van der Waals surface area contributed by atoms with E-state index in [0.717, 1.165) is 30.8 Å². The van der Waals surface area contributed by atoms with Gasteiger partial charge in [0.2, 0.25) is 0 Å². The van der Waals surface area contributed by atoms with Crippen LogP contribution in [0, 0.1) is 6.92 Å². The van der Waals surface area contributed by atoms with Gasteiger partial charge in [-0.3, -0.25) is 10.1 Å². The first-order valence-corrected chi connectivity index (χ1v) is 10.9. The molecule has 2 heterocycles. The van der Waals surface area contributed by atoms with Gasteiger partial charge in [-0.25, -0.2) is 9.37 Å². The number of carboxylic acids is 1. The van der Waals surface area contributed by atoms with Crippen LogP contribution >= 0.6 is 0 Å². The highest BCUT2D eigenvalue weighted by molar-refractivity contribution is 6.06. The number of imidazole rings is 1. The molecule has 2 atom stereocenters. The van der Waals surface area contributed by atoms with Gasteiger partial charge in [-0.05, 0) is 50.6 Å².